The molecule has 150 valence electrons. The normalized spacial score (nSPS) is 10.6. The number of carbonyl (C=O) groups excluding carboxylic acids is 1. The van der Waals surface area contributed by atoms with Crippen molar-refractivity contribution in [1.29, 1.82) is 0 Å². The predicted octanol–water partition coefficient (Wildman–Crippen LogP) is 5.46. The minimum Gasteiger partial charge on any atom is -0.494 e. The highest BCUT2D eigenvalue weighted by Crippen LogP contribution is 2.27. The second-order valence-electron chi connectivity index (χ2n) is 6.48. The summed E-state index contributed by atoms with van der Waals surface area (Å²) >= 11 is 1.29. The Bertz CT molecular complexity index is 1020. The van der Waals surface area contributed by atoms with Crippen molar-refractivity contribution in [3.8, 4) is 17.0 Å². The predicted molar refractivity (Wildman–Crippen MR) is 114 cm³/mol. The number of ether oxygens (including phenoxy) is 1. The van der Waals surface area contributed by atoms with Crippen LogP contribution < -0.4 is 10.1 Å². The Kier molecular flexibility index (Phi) is 6.56. The monoisotopic (exact) mass is 411 g/mol. The van der Waals surface area contributed by atoms with Crippen molar-refractivity contribution in [3.63, 3.8) is 0 Å². The number of amides is 1. The van der Waals surface area contributed by atoms with Crippen LogP contribution in [0.1, 0.15) is 35.7 Å². The van der Waals surface area contributed by atoms with Gasteiger partial charge in [0.25, 0.3) is 11.6 Å². The summed E-state index contributed by atoms with van der Waals surface area (Å²) in [6, 6.07) is 12.0. The van der Waals surface area contributed by atoms with Gasteiger partial charge in [-0.15, -0.1) is 11.3 Å². The van der Waals surface area contributed by atoms with Crippen molar-refractivity contribution < 1.29 is 14.5 Å². The van der Waals surface area contributed by atoms with Crippen LogP contribution in [-0.2, 0) is 0 Å². The maximum Gasteiger partial charge on any atom is 0.273 e. The molecule has 7 nitrogen and oxygen atoms in total. The van der Waals surface area contributed by atoms with E-state index in [9.17, 15) is 14.9 Å². The number of carbonyl (C=O) groups is 1. The van der Waals surface area contributed by atoms with Gasteiger partial charge in [0.15, 0.2) is 5.13 Å². The van der Waals surface area contributed by atoms with E-state index in [2.05, 4.69) is 17.2 Å². The first-order chi connectivity index (χ1) is 14.0. The Morgan fingerprint density at radius 2 is 2.00 bits per heavy atom. The molecule has 29 heavy (non-hydrogen) atoms. The maximum atomic E-state index is 12.4. The van der Waals surface area contributed by atoms with Gasteiger partial charge in [0.05, 0.1) is 17.2 Å². The van der Waals surface area contributed by atoms with Crippen LogP contribution in [0.25, 0.3) is 11.3 Å². The van der Waals surface area contributed by atoms with Gasteiger partial charge < -0.3 is 4.74 Å². The van der Waals surface area contributed by atoms with E-state index < -0.39 is 10.8 Å². The third-order valence-electron chi connectivity index (χ3n) is 4.31. The molecule has 0 saturated carbocycles. The minimum absolute atomic E-state index is 0.0845. The van der Waals surface area contributed by atoms with Crippen LogP contribution in [0, 0.1) is 17.0 Å². The van der Waals surface area contributed by atoms with Gasteiger partial charge in [0, 0.05) is 28.1 Å². The molecule has 0 aliphatic rings. The summed E-state index contributed by atoms with van der Waals surface area (Å²) in [6.45, 7) is 4.44. The van der Waals surface area contributed by atoms with E-state index in [0.717, 1.165) is 29.8 Å². The number of anilines is 1. The molecule has 0 saturated heterocycles. The number of rotatable bonds is 8. The zero-order chi connectivity index (χ0) is 20.8. The molecule has 3 aromatic rings. The zero-order valence-electron chi connectivity index (χ0n) is 16.2. The maximum absolute atomic E-state index is 12.4. The number of hydrogen-bond donors (Lipinski definition) is 1. The number of benzene rings is 2. The van der Waals surface area contributed by atoms with Gasteiger partial charge >= 0.3 is 0 Å². The van der Waals surface area contributed by atoms with E-state index in [1.807, 2.05) is 29.6 Å². The van der Waals surface area contributed by atoms with Gasteiger partial charge in [-0.3, -0.25) is 20.2 Å². The molecule has 1 heterocycles. The summed E-state index contributed by atoms with van der Waals surface area (Å²) in [5.41, 5.74) is 2.28. The highest BCUT2D eigenvalue weighted by molar-refractivity contribution is 7.14. The lowest BCUT2D eigenvalue weighted by Gasteiger charge is -2.05. The van der Waals surface area contributed by atoms with Gasteiger partial charge in [-0.1, -0.05) is 19.4 Å². The quantitative estimate of drug-likeness (QED) is 0.302. The van der Waals surface area contributed by atoms with E-state index in [4.69, 9.17) is 4.74 Å². The molecule has 3 rings (SSSR count). The number of nitro benzene ring substituents is 1. The molecule has 0 radical (unpaired) electrons. The van der Waals surface area contributed by atoms with Crippen molar-refractivity contribution in [1.82, 2.24) is 4.98 Å². The number of aromatic nitrogens is 1. The summed E-state index contributed by atoms with van der Waals surface area (Å²) < 4.78 is 5.66. The zero-order valence-corrected chi connectivity index (χ0v) is 17.0. The minimum atomic E-state index is -0.497. The van der Waals surface area contributed by atoms with E-state index in [0.29, 0.717) is 17.3 Å². The SMILES string of the molecule is CCCCOc1ccc(-c2csc(NC(=O)c3ccc(C)c([N+](=O)[O-])c3)n2)cc1. The lowest BCUT2D eigenvalue weighted by atomic mass is 10.1. The number of nitrogens with zero attached hydrogens (tertiary/aromatic N) is 2. The molecule has 8 heteroatoms. The topological polar surface area (TPSA) is 94.4 Å². The molecule has 1 aromatic heterocycles. The first-order valence-corrected chi connectivity index (χ1v) is 10.1. The lowest BCUT2D eigenvalue weighted by Crippen LogP contribution is -2.12. The van der Waals surface area contributed by atoms with Crippen molar-refractivity contribution in [3.05, 3.63) is 69.1 Å². The molecule has 0 bridgehead atoms. The Morgan fingerprint density at radius 1 is 1.24 bits per heavy atom. The molecule has 1 N–H and O–H groups in total. The highest BCUT2D eigenvalue weighted by atomic mass is 32.1. The van der Waals surface area contributed by atoms with Gasteiger partial charge in [-0.05, 0) is 43.7 Å². The first-order valence-electron chi connectivity index (χ1n) is 9.23. The second kappa shape index (κ2) is 9.29. The second-order valence-corrected chi connectivity index (χ2v) is 7.33. The molecule has 0 aliphatic carbocycles. The van der Waals surface area contributed by atoms with Gasteiger partial charge in [0.1, 0.15) is 5.75 Å². The third-order valence-corrected chi connectivity index (χ3v) is 5.07. The van der Waals surface area contributed by atoms with E-state index in [1.165, 1.54) is 17.4 Å². The van der Waals surface area contributed by atoms with Gasteiger partial charge in [-0.2, -0.15) is 0 Å². The van der Waals surface area contributed by atoms with Crippen LogP contribution >= 0.6 is 11.3 Å². The average molecular weight is 411 g/mol. The fourth-order valence-corrected chi connectivity index (χ4v) is 3.35. The Morgan fingerprint density at radius 3 is 2.69 bits per heavy atom. The van der Waals surface area contributed by atoms with E-state index in [-0.39, 0.29) is 11.3 Å². The molecule has 0 unspecified atom stereocenters. The number of thiazole rings is 1. The van der Waals surface area contributed by atoms with Crippen molar-refractivity contribution in [2.24, 2.45) is 0 Å². The van der Waals surface area contributed by atoms with Crippen LogP contribution in [0.15, 0.2) is 47.8 Å². The highest BCUT2D eigenvalue weighted by Gasteiger charge is 2.16. The van der Waals surface area contributed by atoms with Crippen LogP contribution in [0.5, 0.6) is 5.75 Å². The molecule has 0 fully saturated rings. The summed E-state index contributed by atoms with van der Waals surface area (Å²) in [6.07, 6.45) is 2.10. The van der Waals surface area contributed by atoms with Crippen molar-refractivity contribution in [2.45, 2.75) is 26.7 Å². The smallest absolute Gasteiger partial charge is 0.273 e. The van der Waals surface area contributed by atoms with E-state index >= 15 is 0 Å². The third kappa shape index (κ3) is 5.17. The van der Waals surface area contributed by atoms with Crippen LogP contribution in [0.4, 0.5) is 10.8 Å². The van der Waals surface area contributed by atoms with Crippen molar-refractivity contribution in [2.75, 3.05) is 11.9 Å². The fraction of sp³-hybridized carbons (Fsp3) is 0.238. The number of unbranched alkanes of at least 4 members (excludes halogenated alkanes) is 1. The number of aryl methyl sites for hydroxylation is 1. The number of nitro groups is 1. The van der Waals surface area contributed by atoms with Crippen LogP contribution in [0.2, 0.25) is 0 Å². The first kappa shape index (κ1) is 20.5. The summed E-state index contributed by atoms with van der Waals surface area (Å²) in [5, 5.41) is 16.0. The number of hydrogen-bond acceptors (Lipinski definition) is 6. The summed E-state index contributed by atoms with van der Waals surface area (Å²) in [4.78, 5) is 27.4. The van der Waals surface area contributed by atoms with E-state index in [1.54, 1.807) is 19.1 Å². The molecular weight excluding hydrogens is 390 g/mol. The summed E-state index contributed by atoms with van der Waals surface area (Å²) in [5.74, 6) is 0.376. The molecular formula is C21H21N3O4S. The molecule has 2 aromatic carbocycles. The molecule has 0 atom stereocenters. The summed E-state index contributed by atoms with van der Waals surface area (Å²) in [7, 11) is 0. The fourth-order valence-electron chi connectivity index (χ4n) is 2.64. The van der Waals surface area contributed by atoms with Gasteiger partial charge in [0.2, 0.25) is 0 Å². The Balaban J connectivity index is 1.68. The van der Waals surface area contributed by atoms with Gasteiger partial charge in [-0.25, -0.2) is 4.98 Å². The average Bonchev–Trinajstić information content (AvgIpc) is 3.17. The molecule has 1 amide bonds. The number of nitrogens with one attached hydrogen (secondary N) is 1. The Hall–Kier alpha value is -3.26. The Labute approximate surface area is 172 Å². The molecule has 0 spiro atoms. The molecule has 0 aliphatic heterocycles. The standard InChI is InChI=1S/C21H21N3O4S/c1-3-4-11-28-17-9-7-15(8-10-17)18-13-29-21(22-18)23-20(25)16-6-5-14(2)19(12-16)24(26)27/h5-10,12-13H,3-4,11H2,1-2H3,(H,22,23,25). The van der Waals surface area contributed by atoms with Crippen molar-refractivity contribution >= 4 is 28.1 Å². The van der Waals surface area contributed by atoms with Crippen LogP contribution in [-0.4, -0.2) is 22.4 Å². The largest absolute Gasteiger partial charge is 0.494 e. The lowest BCUT2D eigenvalue weighted by molar-refractivity contribution is -0.385. The van der Waals surface area contributed by atoms with Crippen LogP contribution in [0.3, 0.4) is 0 Å².